The molecule has 0 aliphatic carbocycles. The van der Waals surface area contributed by atoms with E-state index in [1.54, 1.807) is 0 Å². The molecule has 1 aliphatic rings. The predicted octanol–water partition coefficient (Wildman–Crippen LogP) is 2.73. The van der Waals surface area contributed by atoms with Crippen LogP contribution in [0.5, 0.6) is 0 Å². The largest absolute Gasteiger partial charge is 0.451 e. The second kappa shape index (κ2) is 5.85. The summed E-state index contributed by atoms with van der Waals surface area (Å²) in [4.78, 5) is 14.3. The average Bonchev–Trinajstić information content (AvgIpc) is 2.77. The van der Waals surface area contributed by atoms with Crippen LogP contribution in [-0.4, -0.2) is 29.9 Å². The predicted molar refractivity (Wildman–Crippen MR) is 81.3 cm³/mol. The van der Waals surface area contributed by atoms with Crippen LogP contribution in [0.2, 0.25) is 0 Å². The van der Waals surface area contributed by atoms with Crippen molar-refractivity contribution in [3.63, 3.8) is 0 Å². The lowest BCUT2D eigenvalue weighted by Crippen LogP contribution is -2.42. The first kappa shape index (κ1) is 14.9. The van der Waals surface area contributed by atoms with E-state index in [1.807, 2.05) is 36.1 Å². The molecule has 0 bridgehead atoms. The van der Waals surface area contributed by atoms with E-state index in [9.17, 15) is 4.79 Å². The number of hydrogen-bond donors (Lipinski definition) is 1. The number of rotatable bonds is 1. The van der Waals surface area contributed by atoms with E-state index < -0.39 is 0 Å². The molecule has 1 aromatic carbocycles. The number of carbonyl (C=O) groups is 1. The molecule has 4 nitrogen and oxygen atoms in total. The van der Waals surface area contributed by atoms with Crippen LogP contribution in [0.15, 0.2) is 28.7 Å². The van der Waals surface area contributed by atoms with Crippen molar-refractivity contribution in [2.24, 2.45) is 5.73 Å². The van der Waals surface area contributed by atoms with Gasteiger partial charge in [0.15, 0.2) is 5.76 Å². The summed E-state index contributed by atoms with van der Waals surface area (Å²) in [7, 11) is 0. The van der Waals surface area contributed by atoms with Crippen molar-refractivity contribution >= 4 is 29.3 Å². The maximum absolute atomic E-state index is 12.5. The topological polar surface area (TPSA) is 59.5 Å². The molecule has 108 valence electrons. The zero-order chi connectivity index (χ0) is 13.4. The van der Waals surface area contributed by atoms with Crippen molar-refractivity contribution in [2.75, 3.05) is 13.1 Å². The molecule has 0 radical (unpaired) electrons. The van der Waals surface area contributed by atoms with Gasteiger partial charge in [0.2, 0.25) is 0 Å². The summed E-state index contributed by atoms with van der Waals surface area (Å²) in [6.45, 7) is 3.38. The van der Waals surface area contributed by atoms with Gasteiger partial charge in [-0.3, -0.25) is 4.79 Å². The van der Waals surface area contributed by atoms with Crippen molar-refractivity contribution in [1.29, 1.82) is 0 Å². The summed E-state index contributed by atoms with van der Waals surface area (Å²) in [5, 5.41) is 1.01. The lowest BCUT2D eigenvalue weighted by atomic mass is 10.1. The third-order valence-corrected chi connectivity index (χ3v) is 3.86. The maximum Gasteiger partial charge on any atom is 0.289 e. The quantitative estimate of drug-likeness (QED) is 0.880. The molecular formula is C15H19ClN2O2. The molecule has 1 amide bonds. The van der Waals surface area contributed by atoms with E-state index in [0.29, 0.717) is 5.76 Å². The lowest BCUT2D eigenvalue weighted by molar-refractivity contribution is 0.0684. The van der Waals surface area contributed by atoms with Crippen molar-refractivity contribution in [2.45, 2.75) is 25.8 Å². The number of amides is 1. The Labute approximate surface area is 124 Å². The fraction of sp³-hybridized carbons (Fsp3) is 0.400. The van der Waals surface area contributed by atoms with Crippen LogP contribution in [0.1, 0.15) is 29.0 Å². The van der Waals surface area contributed by atoms with E-state index in [4.69, 9.17) is 10.2 Å². The zero-order valence-corrected chi connectivity index (χ0v) is 12.3. The van der Waals surface area contributed by atoms with Crippen LogP contribution in [0, 0.1) is 6.92 Å². The number of furan rings is 1. The highest BCUT2D eigenvalue weighted by Crippen LogP contribution is 2.26. The second-order valence-corrected chi connectivity index (χ2v) is 5.18. The minimum Gasteiger partial charge on any atom is -0.451 e. The Morgan fingerprint density at radius 3 is 2.60 bits per heavy atom. The van der Waals surface area contributed by atoms with Crippen molar-refractivity contribution < 1.29 is 9.21 Å². The van der Waals surface area contributed by atoms with Gasteiger partial charge in [-0.25, -0.2) is 0 Å². The van der Waals surface area contributed by atoms with E-state index in [0.717, 1.165) is 42.5 Å². The number of para-hydroxylation sites is 1. The first-order valence-corrected chi connectivity index (χ1v) is 6.70. The number of nitrogens with two attached hydrogens (primary N) is 1. The number of nitrogens with zero attached hydrogens (tertiary/aromatic N) is 1. The zero-order valence-electron chi connectivity index (χ0n) is 11.5. The molecule has 20 heavy (non-hydrogen) atoms. The van der Waals surface area contributed by atoms with Crippen molar-refractivity contribution in [3.8, 4) is 0 Å². The van der Waals surface area contributed by atoms with Gasteiger partial charge in [-0.15, -0.1) is 12.4 Å². The number of halogens is 1. The van der Waals surface area contributed by atoms with Gasteiger partial charge in [-0.05, 0) is 25.8 Å². The summed E-state index contributed by atoms with van der Waals surface area (Å²) in [6.07, 6.45) is 1.73. The molecule has 0 spiro atoms. The third-order valence-electron chi connectivity index (χ3n) is 3.86. The molecule has 1 saturated heterocycles. The molecule has 0 atom stereocenters. The van der Waals surface area contributed by atoms with E-state index in [1.165, 1.54) is 0 Å². The van der Waals surface area contributed by atoms with Crippen LogP contribution in [0.25, 0.3) is 11.0 Å². The molecule has 5 heteroatoms. The highest BCUT2D eigenvalue weighted by atomic mass is 35.5. The van der Waals surface area contributed by atoms with Gasteiger partial charge in [-0.2, -0.15) is 0 Å². The molecule has 2 aromatic rings. The van der Waals surface area contributed by atoms with Crippen LogP contribution >= 0.6 is 12.4 Å². The normalized spacial score (nSPS) is 16.2. The van der Waals surface area contributed by atoms with Gasteiger partial charge < -0.3 is 15.1 Å². The number of benzene rings is 1. The van der Waals surface area contributed by atoms with Crippen molar-refractivity contribution in [1.82, 2.24) is 4.90 Å². The summed E-state index contributed by atoms with van der Waals surface area (Å²) in [6, 6.07) is 7.97. The van der Waals surface area contributed by atoms with Gasteiger partial charge in [-0.1, -0.05) is 18.2 Å². The number of likely N-dealkylation sites (tertiary alicyclic amines) is 1. The molecule has 2 N–H and O–H groups in total. The molecule has 3 rings (SSSR count). The Bertz CT molecular complexity index is 615. The summed E-state index contributed by atoms with van der Waals surface area (Å²) < 4.78 is 5.72. The van der Waals surface area contributed by atoms with Crippen molar-refractivity contribution in [3.05, 3.63) is 35.6 Å². The average molecular weight is 295 g/mol. The molecule has 1 aromatic heterocycles. The minimum absolute atomic E-state index is 0. The van der Waals surface area contributed by atoms with Crippen LogP contribution in [-0.2, 0) is 0 Å². The molecule has 2 heterocycles. The number of fused-ring (bicyclic) bond motifs is 1. The standard InChI is InChI=1S/C15H18N2O2.ClH/c1-10-12-4-2-3-5-13(12)19-14(10)15(18)17-8-6-11(16)7-9-17;/h2-5,11H,6-9,16H2,1H3;1H. The minimum atomic E-state index is -0.0133. The third kappa shape index (κ3) is 2.53. The molecule has 0 unspecified atom stereocenters. The highest BCUT2D eigenvalue weighted by Gasteiger charge is 2.26. The SMILES string of the molecule is Cc1c(C(=O)N2CCC(N)CC2)oc2ccccc12.Cl. The molecule has 1 fully saturated rings. The first-order chi connectivity index (χ1) is 9.16. The molecule has 1 aliphatic heterocycles. The van der Waals surface area contributed by atoms with E-state index in [-0.39, 0.29) is 24.4 Å². The summed E-state index contributed by atoms with van der Waals surface area (Å²) >= 11 is 0. The Morgan fingerprint density at radius 2 is 1.95 bits per heavy atom. The monoisotopic (exact) mass is 294 g/mol. The maximum atomic E-state index is 12.5. The lowest BCUT2D eigenvalue weighted by Gasteiger charge is -2.29. The Kier molecular flexibility index (Phi) is 4.35. The Hall–Kier alpha value is -1.52. The number of aryl methyl sites for hydroxylation is 1. The Morgan fingerprint density at radius 1 is 1.30 bits per heavy atom. The summed E-state index contributed by atoms with van der Waals surface area (Å²) in [5.74, 6) is 0.456. The van der Waals surface area contributed by atoms with Crippen LogP contribution in [0.3, 0.4) is 0 Å². The van der Waals surface area contributed by atoms with E-state index in [2.05, 4.69) is 0 Å². The molecular weight excluding hydrogens is 276 g/mol. The highest BCUT2D eigenvalue weighted by molar-refractivity contribution is 5.98. The fourth-order valence-electron chi connectivity index (χ4n) is 2.62. The Balaban J connectivity index is 0.00000147. The smallest absolute Gasteiger partial charge is 0.289 e. The first-order valence-electron chi connectivity index (χ1n) is 6.70. The van der Waals surface area contributed by atoms with Gasteiger partial charge >= 0.3 is 0 Å². The summed E-state index contributed by atoms with van der Waals surface area (Å²) in [5.41, 5.74) is 7.57. The molecule has 0 saturated carbocycles. The van der Waals surface area contributed by atoms with Crippen LogP contribution < -0.4 is 5.73 Å². The van der Waals surface area contributed by atoms with E-state index >= 15 is 0 Å². The van der Waals surface area contributed by atoms with Gasteiger partial charge in [0.25, 0.3) is 5.91 Å². The van der Waals surface area contributed by atoms with Crippen LogP contribution in [0.4, 0.5) is 0 Å². The van der Waals surface area contributed by atoms with Gasteiger partial charge in [0, 0.05) is 30.1 Å². The number of piperidine rings is 1. The number of carbonyl (C=O) groups excluding carboxylic acids is 1. The number of hydrogen-bond acceptors (Lipinski definition) is 3. The van der Waals surface area contributed by atoms with Gasteiger partial charge in [0.1, 0.15) is 5.58 Å². The second-order valence-electron chi connectivity index (χ2n) is 5.18. The van der Waals surface area contributed by atoms with Gasteiger partial charge in [0.05, 0.1) is 0 Å². The fourth-order valence-corrected chi connectivity index (χ4v) is 2.62.